The van der Waals surface area contributed by atoms with Crippen molar-refractivity contribution in [3.8, 4) is 0 Å². The highest BCUT2D eigenvalue weighted by Gasteiger charge is 2.18. The molecule has 0 radical (unpaired) electrons. The van der Waals surface area contributed by atoms with Crippen LogP contribution in [0.15, 0.2) is 42.6 Å². The van der Waals surface area contributed by atoms with E-state index < -0.39 is 0 Å². The fourth-order valence-electron chi connectivity index (χ4n) is 3.52. The lowest BCUT2D eigenvalue weighted by Gasteiger charge is -2.32. The normalized spacial score (nSPS) is 17.7. The van der Waals surface area contributed by atoms with Gasteiger partial charge in [0, 0.05) is 30.7 Å². The van der Waals surface area contributed by atoms with Crippen LogP contribution in [0.1, 0.15) is 25.6 Å². The van der Waals surface area contributed by atoms with Gasteiger partial charge >= 0.3 is 0 Å². The molecule has 4 rings (SSSR count). The molecule has 1 fully saturated rings. The highest BCUT2D eigenvalue weighted by Crippen LogP contribution is 2.27. The van der Waals surface area contributed by atoms with Crippen molar-refractivity contribution < 1.29 is 0 Å². The summed E-state index contributed by atoms with van der Waals surface area (Å²) < 4.78 is 0. The van der Waals surface area contributed by atoms with E-state index in [0.29, 0.717) is 5.92 Å². The van der Waals surface area contributed by atoms with Gasteiger partial charge in [-0.15, -0.1) is 0 Å². The Balaban J connectivity index is 1.66. The molecule has 0 spiro atoms. The third-order valence-corrected chi connectivity index (χ3v) is 4.70. The molecule has 1 saturated heterocycles. The average molecular weight is 333 g/mol. The average Bonchev–Trinajstić information content (AvgIpc) is 2.62. The first kappa shape index (κ1) is 15.8. The first-order valence-electron chi connectivity index (χ1n) is 8.90. The van der Waals surface area contributed by atoms with Crippen molar-refractivity contribution in [2.75, 3.05) is 23.3 Å². The van der Waals surface area contributed by atoms with E-state index in [1.165, 1.54) is 12.8 Å². The summed E-state index contributed by atoms with van der Waals surface area (Å²) in [6.07, 6.45) is 4.34. The summed E-state index contributed by atoms with van der Waals surface area (Å²) in [7, 11) is 0. The molecule has 0 saturated carbocycles. The van der Waals surface area contributed by atoms with Gasteiger partial charge < -0.3 is 10.2 Å². The predicted molar refractivity (Wildman–Crippen MR) is 102 cm³/mol. The lowest BCUT2D eigenvalue weighted by molar-refractivity contribution is 0.444. The van der Waals surface area contributed by atoms with Gasteiger partial charge in [-0.25, -0.2) is 9.97 Å². The lowest BCUT2D eigenvalue weighted by atomic mass is 10.0. The second-order valence-electron chi connectivity index (χ2n) is 6.86. The summed E-state index contributed by atoms with van der Waals surface area (Å²) in [6.45, 7) is 6.38. The Labute approximate surface area is 148 Å². The van der Waals surface area contributed by atoms with Crippen LogP contribution in [-0.2, 0) is 0 Å². The molecule has 3 aromatic rings. The molecule has 128 valence electrons. The smallest absolute Gasteiger partial charge is 0.136 e. The molecule has 3 heterocycles. The number of nitrogens with zero attached hydrogens (tertiary/aromatic N) is 4. The van der Waals surface area contributed by atoms with Crippen LogP contribution in [0.25, 0.3) is 10.9 Å². The standard InChI is InChI=1S/C20H23N5/c1-14-6-5-11-25(13-14)19-12-18(22-15(2)23-19)24-17-9-3-7-16-8-4-10-21-20(16)17/h3-4,7-10,12,14H,5-6,11,13H2,1-2H3,(H,22,23,24). The fraction of sp³-hybridized carbons (Fsp3) is 0.350. The van der Waals surface area contributed by atoms with Gasteiger partial charge in [-0.3, -0.25) is 4.98 Å². The third-order valence-electron chi connectivity index (χ3n) is 4.70. The third kappa shape index (κ3) is 3.40. The number of aryl methyl sites for hydroxylation is 1. The van der Waals surface area contributed by atoms with Crippen LogP contribution >= 0.6 is 0 Å². The molecule has 1 N–H and O–H groups in total. The van der Waals surface area contributed by atoms with Crippen LogP contribution in [0.2, 0.25) is 0 Å². The molecule has 1 aliphatic heterocycles. The SMILES string of the molecule is Cc1nc(Nc2cccc3cccnc23)cc(N2CCCC(C)C2)n1. The van der Waals surface area contributed by atoms with Crippen molar-refractivity contribution in [2.45, 2.75) is 26.7 Å². The number of pyridine rings is 1. The topological polar surface area (TPSA) is 53.9 Å². The zero-order chi connectivity index (χ0) is 17.2. The summed E-state index contributed by atoms with van der Waals surface area (Å²) in [5, 5.41) is 4.55. The number of benzene rings is 1. The minimum Gasteiger partial charge on any atom is -0.356 e. The van der Waals surface area contributed by atoms with Crippen molar-refractivity contribution >= 4 is 28.2 Å². The minimum atomic E-state index is 0.711. The van der Waals surface area contributed by atoms with Crippen molar-refractivity contribution in [1.29, 1.82) is 0 Å². The van der Waals surface area contributed by atoms with E-state index in [1.54, 1.807) is 0 Å². The van der Waals surface area contributed by atoms with Crippen LogP contribution in [0, 0.1) is 12.8 Å². The first-order chi connectivity index (χ1) is 12.2. The van der Waals surface area contributed by atoms with Gasteiger partial charge in [0.15, 0.2) is 0 Å². The lowest BCUT2D eigenvalue weighted by Crippen LogP contribution is -2.35. The molecule has 25 heavy (non-hydrogen) atoms. The van der Waals surface area contributed by atoms with Crippen molar-refractivity contribution in [2.24, 2.45) is 5.92 Å². The Kier molecular flexibility index (Phi) is 4.22. The van der Waals surface area contributed by atoms with E-state index in [4.69, 9.17) is 0 Å². The first-order valence-corrected chi connectivity index (χ1v) is 8.90. The molecule has 0 amide bonds. The summed E-state index contributed by atoms with van der Waals surface area (Å²) in [5.74, 6) is 3.32. The van der Waals surface area contributed by atoms with Crippen molar-refractivity contribution in [3.05, 3.63) is 48.4 Å². The summed E-state index contributed by atoms with van der Waals surface area (Å²) >= 11 is 0. The maximum Gasteiger partial charge on any atom is 0.136 e. The zero-order valence-corrected chi connectivity index (χ0v) is 14.7. The van der Waals surface area contributed by atoms with Gasteiger partial charge in [-0.1, -0.05) is 25.1 Å². The number of hydrogen-bond acceptors (Lipinski definition) is 5. The number of para-hydroxylation sites is 1. The Morgan fingerprint density at radius 1 is 1.16 bits per heavy atom. The zero-order valence-electron chi connectivity index (χ0n) is 14.7. The van der Waals surface area contributed by atoms with E-state index in [9.17, 15) is 0 Å². The molecule has 1 atom stereocenters. The fourth-order valence-corrected chi connectivity index (χ4v) is 3.52. The molecule has 5 nitrogen and oxygen atoms in total. The molecule has 5 heteroatoms. The van der Waals surface area contributed by atoms with Crippen LogP contribution in [0.4, 0.5) is 17.3 Å². The predicted octanol–water partition coefficient (Wildman–Crippen LogP) is 4.31. The van der Waals surface area contributed by atoms with Gasteiger partial charge in [-0.05, 0) is 37.8 Å². The summed E-state index contributed by atoms with van der Waals surface area (Å²) in [6, 6.07) is 12.2. The molecular weight excluding hydrogens is 310 g/mol. The van der Waals surface area contributed by atoms with E-state index in [2.05, 4.69) is 44.2 Å². The molecule has 2 aromatic heterocycles. The number of rotatable bonds is 3. The minimum absolute atomic E-state index is 0.711. The van der Waals surface area contributed by atoms with Gasteiger partial charge in [-0.2, -0.15) is 0 Å². The Hall–Kier alpha value is -2.69. The van der Waals surface area contributed by atoms with Crippen LogP contribution in [-0.4, -0.2) is 28.0 Å². The highest BCUT2D eigenvalue weighted by atomic mass is 15.2. The van der Waals surface area contributed by atoms with E-state index >= 15 is 0 Å². The van der Waals surface area contributed by atoms with Crippen LogP contribution in [0.3, 0.4) is 0 Å². The summed E-state index contributed by atoms with van der Waals surface area (Å²) in [5.41, 5.74) is 1.92. The highest BCUT2D eigenvalue weighted by molar-refractivity contribution is 5.91. The number of hydrogen-bond donors (Lipinski definition) is 1. The Morgan fingerprint density at radius 3 is 2.92 bits per heavy atom. The van der Waals surface area contributed by atoms with Crippen molar-refractivity contribution in [1.82, 2.24) is 15.0 Å². The van der Waals surface area contributed by atoms with Gasteiger partial charge in [0.25, 0.3) is 0 Å². The molecule has 1 unspecified atom stereocenters. The molecule has 0 bridgehead atoms. The molecule has 1 aromatic carbocycles. The number of nitrogens with one attached hydrogen (secondary N) is 1. The Bertz CT molecular complexity index is 887. The van der Waals surface area contributed by atoms with E-state index in [-0.39, 0.29) is 0 Å². The second-order valence-corrected chi connectivity index (χ2v) is 6.86. The van der Waals surface area contributed by atoms with Gasteiger partial charge in [0.1, 0.15) is 17.5 Å². The molecule has 1 aliphatic rings. The molecule has 0 aliphatic carbocycles. The number of fused-ring (bicyclic) bond motifs is 1. The summed E-state index contributed by atoms with van der Waals surface area (Å²) in [4.78, 5) is 16.1. The van der Waals surface area contributed by atoms with Crippen LogP contribution < -0.4 is 10.2 Å². The van der Waals surface area contributed by atoms with Gasteiger partial charge in [0.05, 0.1) is 11.2 Å². The largest absolute Gasteiger partial charge is 0.356 e. The second kappa shape index (κ2) is 6.67. The van der Waals surface area contributed by atoms with E-state index in [0.717, 1.165) is 47.1 Å². The number of aromatic nitrogens is 3. The Morgan fingerprint density at radius 2 is 2.04 bits per heavy atom. The number of anilines is 3. The van der Waals surface area contributed by atoms with Crippen molar-refractivity contribution in [3.63, 3.8) is 0 Å². The van der Waals surface area contributed by atoms with Crippen LogP contribution in [0.5, 0.6) is 0 Å². The number of piperidine rings is 1. The monoisotopic (exact) mass is 333 g/mol. The maximum absolute atomic E-state index is 4.66. The molecular formula is C20H23N5. The maximum atomic E-state index is 4.66. The quantitative estimate of drug-likeness (QED) is 0.774. The van der Waals surface area contributed by atoms with E-state index in [1.807, 2.05) is 37.4 Å². The van der Waals surface area contributed by atoms with Gasteiger partial charge in [0.2, 0.25) is 0 Å².